The third kappa shape index (κ3) is 1.80. The number of allylic oxidation sites excluding steroid dienone is 1. The Morgan fingerprint density at radius 3 is 2.91 bits per heavy atom. The van der Waals surface area contributed by atoms with Crippen molar-refractivity contribution in [1.82, 2.24) is 0 Å². The standard InChI is InChI=1S/C9H15FO/c1-2-6-9(10)7-4-3-5-8(9)11/h2,8,11H,1,3-7H2. The summed E-state index contributed by atoms with van der Waals surface area (Å²) in [5, 5.41) is 9.34. The Hall–Kier alpha value is -0.370. The van der Waals surface area contributed by atoms with Crippen molar-refractivity contribution >= 4 is 0 Å². The lowest BCUT2D eigenvalue weighted by molar-refractivity contribution is -0.0375. The van der Waals surface area contributed by atoms with Crippen LogP contribution in [-0.4, -0.2) is 16.9 Å². The number of rotatable bonds is 2. The molecule has 1 aliphatic carbocycles. The van der Waals surface area contributed by atoms with E-state index in [4.69, 9.17) is 0 Å². The zero-order valence-electron chi connectivity index (χ0n) is 6.72. The molecule has 1 rings (SSSR count). The summed E-state index contributed by atoms with van der Waals surface area (Å²) in [6.45, 7) is 3.48. The fraction of sp³-hybridized carbons (Fsp3) is 0.778. The van der Waals surface area contributed by atoms with Crippen LogP contribution < -0.4 is 0 Å². The van der Waals surface area contributed by atoms with Gasteiger partial charge in [0.05, 0.1) is 6.10 Å². The molecule has 0 spiro atoms. The van der Waals surface area contributed by atoms with Gasteiger partial charge in [-0.15, -0.1) is 6.58 Å². The molecule has 0 aromatic carbocycles. The second-order valence-corrected chi connectivity index (χ2v) is 3.29. The van der Waals surface area contributed by atoms with E-state index in [9.17, 15) is 9.50 Å². The highest BCUT2D eigenvalue weighted by atomic mass is 19.1. The Kier molecular flexibility index (Phi) is 2.66. The van der Waals surface area contributed by atoms with Crippen LogP contribution >= 0.6 is 0 Å². The molecule has 0 aromatic heterocycles. The predicted molar refractivity (Wildman–Crippen MR) is 43.1 cm³/mol. The van der Waals surface area contributed by atoms with Gasteiger partial charge >= 0.3 is 0 Å². The van der Waals surface area contributed by atoms with Gasteiger partial charge in [0.15, 0.2) is 0 Å². The Morgan fingerprint density at radius 2 is 2.36 bits per heavy atom. The van der Waals surface area contributed by atoms with Gasteiger partial charge in [-0.3, -0.25) is 0 Å². The van der Waals surface area contributed by atoms with Crippen LogP contribution in [-0.2, 0) is 0 Å². The molecule has 2 heteroatoms. The Labute approximate surface area is 66.9 Å². The van der Waals surface area contributed by atoms with Gasteiger partial charge in [0.25, 0.3) is 0 Å². The third-order valence-corrected chi connectivity index (χ3v) is 2.40. The number of hydrogen-bond acceptors (Lipinski definition) is 1. The molecule has 0 radical (unpaired) electrons. The van der Waals surface area contributed by atoms with Gasteiger partial charge in [-0.1, -0.05) is 18.9 Å². The van der Waals surface area contributed by atoms with Crippen LogP contribution in [0, 0.1) is 0 Å². The lowest BCUT2D eigenvalue weighted by Gasteiger charge is -2.33. The molecule has 0 saturated heterocycles. The SMILES string of the molecule is C=CCC1(F)CCCCC1O. The van der Waals surface area contributed by atoms with Crippen LogP contribution in [0.25, 0.3) is 0 Å². The second-order valence-electron chi connectivity index (χ2n) is 3.29. The average Bonchev–Trinajstić information content (AvgIpc) is 1.96. The molecule has 1 saturated carbocycles. The first kappa shape index (κ1) is 8.72. The molecule has 1 N–H and O–H groups in total. The van der Waals surface area contributed by atoms with Crippen molar-refractivity contribution in [3.05, 3.63) is 12.7 Å². The molecule has 1 nitrogen and oxygen atoms in total. The predicted octanol–water partition coefficient (Wildman–Crippen LogP) is 2.21. The van der Waals surface area contributed by atoms with E-state index in [2.05, 4.69) is 6.58 Å². The molecule has 2 atom stereocenters. The van der Waals surface area contributed by atoms with E-state index in [0.29, 0.717) is 12.8 Å². The first-order chi connectivity index (χ1) is 5.19. The topological polar surface area (TPSA) is 20.2 Å². The summed E-state index contributed by atoms with van der Waals surface area (Å²) in [6.07, 6.45) is 3.99. The van der Waals surface area contributed by atoms with Crippen LogP contribution in [0.1, 0.15) is 32.1 Å². The maximum absolute atomic E-state index is 13.6. The quantitative estimate of drug-likeness (QED) is 0.611. The summed E-state index contributed by atoms with van der Waals surface area (Å²) < 4.78 is 13.6. The van der Waals surface area contributed by atoms with Crippen LogP contribution in [0.2, 0.25) is 0 Å². The molecule has 11 heavy (non-hydrogen) atoms. The summed E-state index contributed by atoms with van der Waals surface area (Å²) in [7, 11) is 0. The van der Waals surface area contributed by atoms with E-state index in [1.54, 1.807) is 6.08 Å². The van der Waals surface area contributed by atoms with Crippen molar-refractivity contribution in [1.29, 1.82) is 0 Å². The van der Waals surface area contributed by atoms with E-state index in [-0.39, 0.29) is 6.42 Å². The van der Waals surface area contributed by atoms with Gasteiger partial charge in [0, 0.05) is 6.42 Å². The highest BCUT2D eigenvalue weighted by molar-refractivity contribution is 4.95. The van der Waals surface area contributed by atoms with Crippen molar-refractivity contribution in [2.24, 2.45) is 0 Å². The average molecular weight is 158 g/mol. The summed E-state index contributed by atoms with van der Waals surface area (Å²) in [6, 6.07) is 0. The number of alkyl halides is 1. The van der Waals surface area contributed by atoms with Gasteiger partial charge in [-0.05, 0) is 12.8 Å². The van der Waals surface area contributed by atoms with E-state index in [0.717, 1.165) is 12.8 Å². The Morgan fingerprint density at radius 1 is 1.64 bits per heavy atom. The zero-order chi connectivity index (χ0) is 8.32. The Bertz CT molecular complexity index is 146. The zero-order valence-corrected chi connectivity index (χ0v) is 6.72. The fourth-order valence-corrected chi connectivity index (χ4v) is 1.66. The first-order valence-corrected chi connectivity index (χ1v) is 4.17. The van der Waals surface area contributed by atoms with E-state index in [1.165, 1.54) is 0 Å². The summed E-state index contributed by atoms with van der Waals surface area (Å²) in [5.41, 5.74) is -1.37. The maximum Gasteiger partial charge on any atom is 0.140 e. The minimum Gasteiger partial charge on any atom is -0.390 e. The molecular formula is C9H15FO. The molecule has 0 bridgehead atoms. The van der Waals surface area contributed by atoms with Gasteiger partial charge in [-0.2, -0.15) is 0 Å². The highest BCUT2D eigenvalue weighted by Crippen LogP contribution is 2.34. The number of aliphatic hydroxyl groups is 1. The molecule has 2 unspecified atom stereocenters. The summed E-state index contributed by atoms with van der Waals surface area (Å²) in [4.78, 5) is 0. The van der Waals surface area contributed by atoms with Gasteiger partial charge < -0.3 is 5.11 Å². The normalized spacial score (nSPS) is 38.5. The minimum absolute atomic E-state index is 0.286. The molecule has 0 aliphatic heterocycles. The lowest BCUT2D eigenvalue weighted by atomic mass is 9.81. The summed E-state index contributed by atoms with van der Waals surface area (Å²) >= 11 is 0. The largest absolute Gasteiger partial charge is 0.390 e. The maximum atomic E-state index is 13.6. The van der Waals surface area contributed by atoms with Crippen molar-refractivity contribution in [2.45, 2.75) is 43.9 Å². The number of aliphatic hydroxyl groups excluding tert-OH is 1. The first-order valence-electron chi connectivity index (χ1n) is 4.17. The number of halogens is 1. The minimum atomic E-state index is -1.37. The molecule has 1 fully saturated rings. The highest BCUT2D eigenvalue weighted by Gasteiger charge is 2.38. The van der Waals surface area contributed by atoms with Crippen molar-refractivity contribution in [3.63, 3.8) is 0 Å². The van der Waals surface area contributed by atoms with Crippen LogP contribution in [0.4, 0.5) is 4.39 Å². The molecular weight excluding hydrogens is 143 g/mol. The smallest absolute Gasteiger partial charge is 0.140 e. The van der Waals surface area contributed by atoms with Gasteiger partial charge in [-0.25, -0.2) is 4.39 Å². The fourth-order valence-electron chi connectivity index (χ4n) is 1.66. The van der Waals surface area contributed by atoms with E-state index < -0.39 is 11.8 Å². The summed E-state index contributed by atoms with van der Waals surface area (Å²) in [5.74, 6) is 0. The van der Waals surface area contributed by atoms with Crippen LogP contribution in [0.3, 0.4) is 0 Å². The second kappa shape index (κ2) is 3.35. The van der Waals surface area contributed by atoms with Crippen molar-refractivity contribution in [2.75, 3.05) is 0 Å². The van der Waals surface area contributed by atoms with E-state index >= 15 is 0 Å². The van der Waals surface area contributed by atoms with Gasteiger partial charge in [0.2, 0.25) is 0 Å². The Balaban J connectivity index is 2.56. The lowest BCUT2D eigenvalue weighted by Crippen LogP contribution is -2.40. The molecule has 0 heterocycles. The van der Waals surface area contributed by atoms with Crippen molar-refractivity contribution < 1.29 is 9.50 Å². The molecule has 1 aliphatic rings. The molecule has 0 amide bonds. The number of hydrogen-bond donors (Lipinski definition) is 1. The van der Waals surface area contributed by atoms with Gasteiger partial charge in [0.1, 0.15) is 5.67 Å². The monoisotopic (exact) mass is 158 g/mol. The van der Waals surface area contributed by atoms with Crippen LogP contribution in [0.5, 0.6) is 0 Å². The van der Waals surface area contributed by atoms with Crippen molar-refractivity contribution in [3.8, 4) is 0 Å². The third-order valence-electron chi connectivity index (χ3n) is 2.40. The van der Waals surface area contributed by atoms with Crippen LogP contribution in [0.15, 0.2) is 12.7 Å². The molecule has 64 valence electrons. The van der Waals surface area contributed by atoms with E-state index in [1.807, 2.05) is 0 Å². The molecule has 0 aromatic rings.